The Morgan fingerprint density at radius 2 is 2.32 bits per heavy atom. The Morgan fingerprint density at radius 1 is 1.58 bits per heavy atom. The quantitative estimate of drug-likeness (QED) is 0.515. The van der Waals surface area contributed by atoms with Crippen molar-refractivity contribution in [2.24, 2.45) is 5.73 Å². The first-order valence-corrected chi connectivity index (χ1v) is 7.12. The molecular weight excluding hydrogens is 266 g/mol. The molecule has 1 fully saturated rings. The number of hydrogen-bond acceptors (Lipinski definition) is 5. The Labute approximate surface area is 115 Å². The first-order valence-electron chi connectivity index (χ1n) is 5.90. The largest absolute Gasteiger partial charge is 0.337 e. The van der Waals surface area contributed by atoms with E-state index >= 15 is 0 Å². The maximum Gasteiger partial charge on any atom is 0.282 e. The van der Waals surface area contributed by atoms with Crippen LogP contribution >= 0.6 is 11.8 Å². The number of rotatable bonds is 3. The van der Waals surface area contributed by atoms with Crippen LogP contribution in [0.1, 0.15) is 16.8 Å². The molecule has 1 aromatic rings. The molecule has 0 unspecified atom stereocenters. The summed E-state index contributed by atoms with van der Waals surface area (Å²) < 4.78 is 0. The van der Waals surface area contributed by atoms with E-state index in [0.717, 1.165) is 11.3 Å². The topological polar surface area (TPSA) is 89.5 Å². The molecular formula is C12H15N3O3S. The molecule has 0 saturated carbocycles. The number of likely N-dealkylation sites (tertiary alicyclic amines) is 1. The number of nitro benzene ring substituents is 1. The summed E-state index contributed by atoms with van der Waals surface area (Å²) in [6, 6.07) is 4.58. The zero-order chi connectivity index (χ0) is 14.0. The lowest BCUT2D eigenvalue weighted by molar-refractivity contribution is -0.385. The summed E-state index contributed by atoms with van der Waals surface area (Å²) in [5.41, 5.74) is 5.76. The van der Waals surface area contributed by atoms with Crippen molar-refractivity contribution in [2.75, 3.05) is 19.3 Å². The lowest BCUT2D eigenvalue weighted by Gasteiger charge is -2.16. The molecule has 0 radical (unpaired) electrons. The molecule has 1 heterocycles. The SMILES string of the molecule is CSc1ccc([N+](=O)[O-])c(C(=O)N2CC[C@@H](N)C2)c1. The first-order chi connectivity index (χ1) is 9.02. The van der Waals surface area contributed by atoms with Crippen LogP contribution in [0.4, 0.5) is 5.69 Å². The van der Waals surface area contributed by atoms with Gasteiger partial charge in [-0.25, -0.2) is 0 Å². The van der Waals surface area contributed by atoms with E-state index in [1.165, 1.54) is 17.8 Å². The van der Waals surface area contributed by atoms with Gasteiger partial charge in [-0.3, -0.25) is 14.9 Å². The lowest BCUT2D eigenvalue weighted by atomic mass is 10.1. The van der Waals surface area contributed by atoms with Crippen molar-refractivity contribution in [3.05, 3.63) is 33.9 Å². The van der Waals surface area contributed by atoms with Gasteiger partial charge in [-0.15, -0.1) is 11.8 Å². The van der Waals surface area contributed by atoms with Gasteiger partial charge in [0.1, 0.15) is 5.56 Å². The predicted molar refractivity (Wildman–Crippen MR) is 73.4 cm³/mol. The van der Waals surface area contributed by atoms with Gasteiger partial charge < -0.3 is 10.6 Å². The number of carbonyl (C=O) groups is 1. The van der Waals surface area contributed by atoms with E-state index in [0.29, 0.717) is 13.1 Å². The van der Waals surface area contributed by atoms with E-state index in [-0.39, 0.29) is 23.2 Å². The minimum absolute atomic E-state index is 0.0354. The molecule has 6 nitrogen and oxygen atoms in total. The molecule has 1 amide bonds. The number of hydrogen-bond donors (Lipinski definition) is 1. The Morgan fingerprint density at radius 3 is 2.84 bits per heavy atom. The average Bonchev–Trinajstić information content (AvgIpc) is 2.83. The van der Waals surface area contributed by atoms with E-state index in [1.807, 2.05) is 6.26 Å². The smallest absolute Gasteiger partial charge is 0.282 e. The summed E-state index contributed by atoms with van der Waals surface area (Å²) >= 11 is 1.45. The van der Waals surface area contributed by atoms with Crippen LogP contribution in [0.5, 0.6) is 0 Å². The predicted octanol–water partition coefficient (Wildman–Crippen LogP) is 1.49. The van der Waals surface area contributed by atoms with Gasteiger partial charge in [0.25, 0.3) is 11.6 Å². The van der Waals surface area contributed by atoms with E-state index in [2.05, 4.69) is 0 Å². The molecule has 1 aliphatic rings. The van der Waals surface area contributed by atoms with Crippen LogP contribution in [-0.4, -0.2) is 41.1 Å². The number of nitrogens with two attached hydrogens (primary N) is 1. The summed E-state index contributed by atoms with van der Waals surface area (Å²) in [4.78, 5) is 25.2. The van der Waals surface area contributed by atoms with Gasteiger partial charge >= 0.3 is 0 Å². The van der Waals surface area contributed by atoms with Gasteiger partial charge in [0.05, 0.1) is 4.92 Å². The fraction of sp³-hybridized carbons (Fsp3) is 0.417. The highest BCUT2D eigenvalue weighted by Crippen LogP contribution is 2.26. The summed E-state index contributed by atoms with van der Waals surface area (Å²) in [6.45, 7) is 1.01. The second-order valence-corrected chi connectivity index (χ2v) is 5.32. The Kier molecular flexibility index (Phi) is 4.06. The maximum absolute atomic E-state index is 12.3. The van der Waals surface area contributed by atoms with E-state index in [9.17, 15) is 14.9 Å². The number of amides is 1. The molecule has 7 heteroatoms. The van der Waals surface area contributed by atoms with Crippen LogP contribution in [0.15, 0.2) is 23.1 Å². The Balaban J connectivity index is 2.36. The molecule has 1 atom stereocenters. The third kappa shape index (κ3) is 2.87. The molecule has 0 spiro atoms. The Hall–Kier alpha value is -1.60. The van der Waals surface area contributed by atoms with Gasteiger partial charge in [0.15, 0.2) is 0 Å². The fourth-order valence-corrected chi connectivity index (χ4v) is 2.55. The number of nitrogens with zero attached hydrogens (tertiary/aromatic N) is 2. The third-order valence-electron chi connectivity index (χ3n) is 3.14. The minimum Gasteiger partial charge on any atom is -0.337 e. The van der Waals surface area contributed by atoms with Gasteiger partial charge in [0.2, 0.25) is 0 Å². The second kappa shape index (κ2) is 5.58. The van der Waals surface area contributed by atoms with Crippen molar-refractivity contribution in [3.8, 4) is 0 Å². The summed E-state index contributed by atoms with van der Waals surface area (Å²) in [5, 5.41) is 11.0. The summed E-state index contributed by atoms with van der Waals surface area (Å²) in [7, 11) is 0. The molecule has 102 valence electrons. The Bertz CT molecular complexity index is 521. The highest BCUT2D eigenvalue weighted by molar-refractivity contribution is 7.98. The van der Waals surface area contributed by atoms with Gasteiger partial charge in [-0.1, -0.05) is 0 Å². The third-order valence-corrected chi connectivity index (χ3v) is 3.87. The van der Waals surface area contributed by atoms with Crippen LogP contribution in [0.25, 0.3) is 0 Å². The van der Waals surface area contributed by atoms with Gasteiger partial charge in [-0.05, 0) is 24.8 Å². The minimum atomic E-state index is -0.520. The summed E-state index contributed by atoms with van der Waals surface area (Å²) in [6.07, 6.45) is 2.60. The summed E-state index contributed by atoms with van der Waals surface area (Å²) in [5.74, 6) is -0.310. The molecule has 1 saturated heterocycles. The van der Waals surface area contributed by atoms with E-state index in [4.69, 9.17) is 5.73 Å². The molecule has 0 aliphatic carbocycles. The van der Waals surface area contributed by atoms with Crippen molar-refractivity contribution < 1.29 is 9.72 Å². The van der Waals surface area contributed by atoms with Crippen molar-refractivity contribution in [1.82, 2.24) is 4.90 Å². The van der Waals surface area contributed by atoms with E-state index < -0.39 is 4.92 Å². The highest BCUT2D eigenvalue weighted by atomic mass is 32.2. The number of thioether (sulfide) groups is 1. The van der Waals surface area contributed by atoms with Crippen molar-refractivity contribution in [1.29, 1.82) is 0 Å². The van der Waals surface area contributed by atoms with Gasteiger partial charge in [-0.2, -0.15) is 0 Å². The second-order valence-electron chi connectivity index (χ2n) is 4.44. The van der Waals surface area contributed by atoms with E-state index in [1.54, 1.807) is 17.0 Å². The number of carbonyl (C=O) groups excluding carboxylic acids is 1. The molecule has 0 bridgehead atoms. The molecule has 2 N–H and O–H groups in total. The monoisotopic (exact) mass is 281 g/mol. The van der Waals surface area contributed by atoms with Gasteiger partial charge in [0, 0.05) is 30.1 Å². The zero-order valence-electron chi connectivity index (χ0n) is 10.5. The fourth-order valence-electron chi connectivity index (χ4n) is 2.11. The average molecular weight is 281 g/mol. The molecule has 0 aromatic heterocycles. The van der Waals surface area contributed by atoms with Crippen LogP contribution in [-0.2, 0) is 0 Å². The van der Waals surface area contributed by atoms with Crippen LogP contribution in [0, 0.1) is 10.1 Å². The molecule has 1 aromatic carbocycles. The number of benzene rings is 1. The normalized spacial score (nSPS) is 18.6. The molecule has 2 rings (SSSR count). The molecule has 1 aliphatic heterocycles. The maximum atomic E-state index is 12.3. The zero-order valence-corrected chi connectivity index (χ0v) is 11.4. The van der Waals surface area contributed by atoms with Crippen molar-refractivity contribution in [2.45, 2.75) is 17.4 Å². The van der Waals surface area contributed by atoms with Crippen LogP contribution in [0.2, 0.25) is 0 Å². The van der Waals surface area contributed by atoms with Crippen LogP contribution in [0.3, 0.4) is 0 Å². The van der Waals surface area contributed by atoms with Crippen molar-refractivity contribution >= 4 is 23.4 Å². The standard InChI is InChI=1S/C12H15N3O3S/c1-19-9-2-3-11(15(17)18)10(6-9)12(16)14-5-4-8(13)7-14/h2-3,6,8H,4-5,7,13H2,1H3/t8-/m1/s1. The van der Waals surface area contributed by atoms with Crippen molar-refractivity contribution in [3.63, 3.8) is 0 Å². The molecule has 19 heavy (non-hydrogen) atoms. The van der Waals surface area contributed by atoms with Crippen LogP contribution < -0.4 is 5.73 Å². The lowest BCUT2D eigenvalue weighted by Crippen LogP contribution is -2.32. The highest BCUT2D eigenvalue weighted by Gasteiger charge is 2.29. The number of nitro groups is 1. The first kappa shape index (κ1) is 13.8.